The van der Waals surface area contributed by atoms with Crippen LogP contribution in [0.3, 0.4) is 0 Å². The summed E-state index contributed by atoms with van der Waals surface area (Å²) in [4.78, 5) is 0. The van der Waals surface area contributed by atoms with Gasteiger partial charge in [-0.2, -0.15) is 5.26 Å². The van der Waals surface area contributed by atoms with Crippen molar-refractivity contribution in [3.8, 4) is 6.07 Å². The first-order chi connectivity index (χ1) is 5.74. The third-order valence-corrected chi connectivity index (χ3v) is 2.81. The number of nitrogens with zero attached hydrogens (tertiary/aromatic N) is 1. The molecule has 0 aliphatic heterocycles. The Hall–Kier alpha value is -0.550. The fourth-order valence-corrected chi connectivity index (χ4v) is 1.72. The van der Waals surface area contributed by atoms with Gasteiger partial charge in [0, 0.05) is 12.1 Å². The summed E-state index contributed by atoms with van der Waals surface area (Å²) in [6, 6.07) is 3.30. The van der Waals surface area contributed by atoms with Crippen molar-refractivity contribution in [1.82, 2.24) is 5.32 Å². The van der Waals surface area contributed by atoms with Gasteiger partial charge in [-0.3, -0.25) is 0 Å². The van der Waals surface area contributed by atoms with Crippen LogP contribution < -0.4 is 5.32 Å². The van der Waals surface area contributed by atoms with Gasteiger partial charge < -0.3 is 5.32 Å². The number of nitrogens with one attached hydrogen (secondary N) is 1. The summed E-state index contributed by atoms with van der Waals surface area (Å²) < 4.78 is 0. The number of rotatable bonds is 3. The molecule has 0 aromatic rings. The average molecular weight is 166 g/mol. The summed E-state index contributed by atoms with van der Waals surface area (Å²) in [6.07, 6.45) is 5.29. The highest BCUT2D eigenvalue weighted by atomic mass is 15.0. The first-order valence-electron chi connectivity index (χ1n) is 4.89. The second kappa shape index (κ2) is 4.47. The van der Waals surface area contributed by atoms with Crippen LogP contribution in [0.25, 0.3) is 0 Å². The highest BCUT2D eigenvalue weighted by Gasteiger charge is 2.19. The molecule has 0 bridgehead atoms. The van der Waals surface area contributed by atoms with Crippen molar-refractivity contribution in [3.05, 3.63) is 0 Å². The van der Waals surface area contributed by atoms with Gasteiger partial charge in [0.15, 0.2) is 0 Å². The number of nitriles is 1. The zero-order valence-electron chi connectivity index (χ0n) is 8.01. The Labute approximate surface area is 75.0 Å². The van der Waals surface area contributed by atoms with Gasteiger partial charge in [-0.05, 0) is 26.7 Å². The molecule has 2 atom stereocenters. The standard InChI is InChI=1S/C10H18N2/c1-8(7-11)9(2)12-10-5-3-4-6-10/h8-10,12H,3-6H2,1-2H3. The molecule has 1 saturated carbocycles. The molecule has 2 unspecified atom stereocenters. The minimum Gasteiger partial charge on any atom is -0.310 e. The minimum absolute atomic E-state index is 0.130. The third-order valence-electron chi connectivity index (χ3n) is 2.81. The maximum absolute atomic E-state index is 8.69. The lowest BCUT2D eigenvalue weighted by Crippen LogP contribution is -2.38. The second-order valence-electron chi connectivity index (χ2n) is 3.85. The van der Waals surface area contributed by atoms with Crippen molar-refractivity contribution in [1.29, 1.82) is 5.26 Å². The lowest BCUT2D eigenvalue weighted by molar-refractivity contribution is 0.400. The SMILES string of the molecule is CC(C#N)C(C)NC1CCCC1. The summed E-state index contributed by atoms with van der Waals surface area (Å²) in [7, 11) is 0. The zero-order chi connectivity index (χ0) is 8.97. The summed E-state index contributed by atoms with van der Waals surface area (Å²) in [5.74, 6) is 0.130. The molecule has 2 nitrogen and oxygen atoms in total. The van der Waals surface area contributed by atoms with Crippen LogP contribution >= 0.6 is 0 Å². The summed E-state index contributed by atoms with van der Waals surface area (Å²) >= 11 is 0. The maximum Gasteiger partial charge on any atom is 0.0669 e. The predicted octanol–water partition coefficient (Wildman–Crippen LogP) is 2.07. The Morgan fingerprint density at radius 1 is 1.33 bits per heavy atom. The first kappa shape index (κ1) is 9.54. The Balaban J connectivity index is 2.25. The predicted molar refractivity (Wildman–Crippen MR) is 49.6 cm³/mol. The Kier molecular flexibility index (Phi) is 3.55. The van der Waals surface area contributed by atoms with Gasteiger partial charge in [0.1, 0.15) is 0 Å². The fourth-order valence-electron chi connectivity index (χ4n) is 1.72. The smallest absolute Gasteiger partial charge is 0.0669 e. The van der Waals surface area contributed by atoms with Gasteiger partial charge in [-0.25, -0.2) is 0 Å². The molecular weight excluding hydrogens is 148 g/mol. The van der Waals surface area contributed by atoms with E-state index in [0.717, 1.165) is 0 Å². The van der Waals surface area contributed by atoms with E-state index >= 15 is 0 Å². The Bertz CT molecular complexity index is 165. The molecule has 0 radical (unpaired) electrons. The first-order valence-corrected chi connectivity index (χ1v) is 4.89. The quantitative estimate of drug-likeness (QED) is 0.696. The van der Waals surface area contributed by atoms with Crippen LogP contribution in [0.1, 0.15) is 39.5 Å². The molecule has 0 amide bonds. The van der Waals surface area contributed by atoms with Crippen molar-refractivity contribution < 1.29 is 0 Å². The molecule has 0 heterocycles. The Morgan fingerprint density at radius 3 is 2.42 bits per heavy atom. The highest BCUT2D eigenvalue weighted by Crippen LogP contribution is 2.19. The number of hydrogen-bond acceptors (Lipinski definition) is 2. The van der Waals surface area contributed by atoms with Gasteiger partial charge in [0.05, 0.1) is 12.0 Å². The van der Waals surface area contributed by atoms with Crippen molar-refractivity contribution in [3.63, 3.8) is 0 Å². The summed E-state index contributed by atoms with van der Waals surface area (Å²) in [5.41, 5.74) is 0. The molecule has 0 spiro atoms. The molecule has 0 aromatic heterocycles. The van der Waals surface area contributed by atoms with E-state index in [-0.39, 0.29) is 5.92 Å². The lowest BCUT2D eigenvalue weighted by Gasteiger charge is -2.20. The molecule has 1 rings (SSSR count). The molecule has 68 valence electrons. The molecule has 0 aromatic carbocycles. The van der Waals surface area contributed by atoms with Crippen LogP contribution in [0, 0.1) is 17.2 Å². The molecule has 2 heteroatoms. The molecule has 1 aliphatic carbocycles. The Morgan fingerprint density at radius 2 is 1.92 bits per heavy atom. The molecule has 1 N–H and O–H groups in total. The van der Waals surface area contributed by atoms with E-state index in [1.54, 1.807) is 0 Å². The normalized spacial score (nSPS) is 23.4. The monoisotopic (exact) mass is 166 g/mol. The lowest BCUT2D eigenvalue weighted by atomic mass is 10.0. The fraction of sp³-hybridized carbons (Fsp3) is 0.900. The zero-order valence-corrected chi connectivity index (χ0v) is 8.01. The van der Waals surface area contributed by atoms with E-state index in [2.05, 4.69) is 18.3 Å². The average Bonchev–Trinajstić information content (AvgIpc) is 2.55. The highest BCUT2D eigenvalue weighted by molar-refractivity contribution is 4.89. The summed E-state index contributed by atoms with van der Waals surface area (Å²) in [5, 5.41) is 12.2. The van der Waals surface area contributed by atoms with Crippen LogP contribution in [0.5, 0.6) is 0 Å². The van der Waals surface area contributed by atoms with Gasteiger partial charge in [0.2, 0.25) is 0 Å². The molecule has 1 fully saturated rings. The van der Waals surface area contributed by atoms with E-state index < -0.39 is 0 Å². The number of hydrogen-bond donors (Lipinski definition) is 1. The van der Waals surface area contributed by atoms with E-state index in [9.17, 15) is 0 Å². The van der Waals surface area contributed by atoms with Gasteiger partial charge in [-0.15, -0.1) is 0 Å². The van der Waals surface area contributed by atoms with Crippen molar-refractivity contribution >= 4 is 0 Å². The van der Waals surface area contributed by atoms with Crippen molar-refractivity contribution in [2.75, 3.05) is 0 Å². The van der Waals surface area contributed by atoms with Crippen LogP contribution in [0.2, 0.25) is 0 Å². The van der Waals surface area contributed by atoms with Gasteiger partial charge in [0.25, 0.3) is 0 Å². The molecule has 0 saturated heterocycles. The van der Waals surface area contributed by atoms with Crippen LogP contribution in [-0.4, -0.2) is 12.1 Å². The van der Waals surface area contributed by atoms with Crippen molar-refractivity contribution in [2.24, 2.45) is 5.92 Å². The van der Waals surface area contributed by atoms with E-state index in [1.165, 1.54) is 25.7 Å². The summed E-state index contributed by atoms with van der Waals surface area (Å²) in [6.45, 7) is 4.08. The van der Waals surface area contributed by atoms with Gasteiger partial charge in [-0.1, -0.05) is 12.8 Å². The van der Waals surface area contributed by atoms with Crippen LogP contribution in [0.15, 0.2) is 0 Å². The van der Waals surface area contributed by atoms with Crippen LogP contribution in [0.4, 0.5) is 0 Å². The van der Waals surface area contributed by atoms with Crippen molar-refractivity contribution in [2.45, 2.75) is 51.6 Å². The second-order valence-corrected chi connectivity index (χ2v) is 3.85. The van der Waals surface area contributed by atoms with Gasteiger partial charge >= 0.3 is 0 Å². The van der Waals surface area contributed by atoms with E-state index in [4.69, 9.17) is 5.26 Å². The van der Waals surface area contributed by atoms with E-state index in [0.29, 0.717) is 12.1 Å². The molecular formula is C10H18N2. The van der Waals surface area contributed by atoms with E-state index in [1.807, 2.05) is 6.92 Å². The maximum atomic E-state index is 8.69. The molecule has 1 aliphatic rings. The topological polar surface area (TPSA) is 35.8 Å². The largest absolute Gasteiger partial charge is 0.310 e. The van der Waals surface area contributed by atoms with Crippen LogP contribution in [-0.2, 0) is 0 Å². The third kappa shape index (κ3) is 2.49. The minimum atomic E-state index is 0.130. The molecule has 12 heavy (non-hydrogen) atoms.